The SMILES string of the molecule is CNC(CSC1CCCC1)c1ccc(OC)c(F)c1. The second-order valence-corrected chi connectivity index (χ2v) is 6.31. The van der Waals surface area contributed by atoms with Gasteiger partial charge in [0.1, 0.15) is 0 Å². The van der Waals surface area contributed by atoms with Crippen molar-refractivity contribution in [3.8, 4) is 5.75 Å². The average molecular weight is 283 g/mol. The van der Waals surface area contributed by atoms with Crippen LogP contribution >= 0.6 is 11.8 Å². The van der Waals surface area contributed by atoms with Gasteiger partial charge in [-0.3, -0.25) is 0 Å². The van der Waals surface area contributed by atoms with Gasteiger partial charge < -0.3 is 10.1 Å². The molecule has 1 fully saturated rings. The summed E-state index contributed by atoms with van der Waals surface area (Å²) in [6.07, 6.45) is 5.38. The Balaban J connectivity index is 1.97. The van der Waals surface area contributed by atoms with Crippen molar-refractivity contribution in [2.45, 2.75) is 37.0 Å². The summed E-state index contributed by atoms with van der Waals surface area (Å²) in [7, 11) is 3.42. The minimum absolute atomic E-state index is 0.200. The van der Waals surface area contributed by atoms with Crippen LogP contribution in [0.25, 0.3) is 0 Å². The molecule has 106 valence electrons. The fraction of sp³-hybridized carbons (Fsp3) is 0.600. The fourth-order valence-corrected chi connectivity index (χ4v) is 4.02. The van der Waals surface area contributed by atoms with Gasteiger partial charge >= 0.3 is 0 Å². The van der Waals surface area contributed by atoms with Gasteiger partial charge in [0.25, 0.3) is 0 Å². The van der Waals surface area contributed by atoms with E-state index in [4.69, 9.17) is 4.74 Å². The van der Waals surface area contributed by atoms with E-state index < -0.39 is 0 Å². The molecule has 2 rings (SSSR count). The van der Waals surface area contributed by atoms with Gasteiger partial charge in [-0.2, -0.15) is 11.8 Å². The number of hydrogen-bond donors (Lipinski definition) is 1. The van der Waals surface area contributed by atoms with Crippen LogP contribution in [-0.2, 0) is 0 Å². The first-order valence-electron chi connectivity index (χ1n) is 6.87. The number of benzene rings is 1. The summed E-state index contributed by atoms with van der Waals surface area (Å²) >= 11 is 2.01. The molecular formula is C15H22FNOS. The van der Waals surface area contributed by atoms with Crippen LogP contribution in [-0.4, -0.2) is 25.2 Å². The molecule has 1 unspecified atom stereocenters. The van der Waals surface area contributed by atoms with Gasteiger partial charge in [0.05, 0.1) is 7.11 Å². The van der Waals surface area contributed by atoms with E-state index >= 15 is 0 Å². The Morgan fingerprint density at radius 2 is 2.16 bits per heavy atom. The lowest BCUT2D eigenvalue weighted by Gasteiger charge is -2.19. The van der Waals surface area contributed by atoms with E-state index in [2.05, 4.69) is 5.32 Å². The van der Waals surface area contributed by atoms with E-state index in [1.807, 2.05) is 24.9 Å². The minimum atomic E-state index is -0.286. The lowest BCUT2D eigenvalue weighted by molar-refractivity contribution is 0.385. The molecule has 0 bridgehead atoms. The minimum Gasteiger partial charge on any atom is -0.494 e. The predicted octanol–water partition coefficient (Wildman–Crippen LogP) is 3.77. The van der Waals surface area contributed by atoms with Gasteiger partial charge in [-0.1, -0.05) is 18.9 Å². The third-order valence-corrected chi connectivity index (χ3v) is 5.20. The van der Waals surface area contributed by atoms with Crippen molar-refractivity contribution < 1.29 is 9.13 Å². The fourth-order valence-electron chi connectivity index (χ4n) is 2.53. The van der Waals surface area contributed by atoms with Gasteiger partial charge in [-0.05, 0) is 37.6 Å². The molecule has 2 nitrogen and oxygen atoms in total. The van der Waals surface area contributed by atoms with Crippen molar-refractivity contribution in [1.29, 1.82) is 0 Å². The van der Waals surface area contributed by atoms with E-state index in [1.165, 1.54) is 32.8 Å². The maximum atomic E-state index is 13.7. The van der Waals surface area contributed by atoms with Crippen LogP contribution < -0.4 is 10.1 Å². The quantitative estimate of drug-likeness (QED) is 0.858. The number of hydrogen-bond acceptors (Lipinski definition) is 3. The summed E-state index contributed by atoms with van der Waals surface area (Å²) in [6, 6.07) is 5.42. The van der Waals surface area contributed by atoms with E-state index in [0.29, 0.717) is 5.75 Å². The largest absolute Gasteiger partial charge is 0.494 e. The number of thioether (sulfide) groups is 1. The zero-order chi connectivity index (χ0) is 13.7. The molecule has 1 aromatic rings. The van der Waals surface area contributed by atoms with Gasteiger partial charge in [0.2, 0.25) is 0 Å². The molecule has 19 heavy (non-hydrogen) atoms. The second-order valence-electron chi connectivity index (χ2n) is 4.98. The van der Waals surface area contributed by atoms with Crippen LogP contribution in [0.5, 0.6) is 5.75 Å². The van der Waals surface area contributed by atoms with Gasteiger partial charge in [0.15, 0.2) is 11.6 Å². The summed E-state index contributed by atoms with van der Waals surface area (Å²) in [6.45, 7) is 0. The third-order valence-electron chi connectivity index (χ3n) is 3.73. The molecule has 0 saturated heterocycles. The maximum absolute atomic E-state index is 13.7. The smallest absolute Gasteiger partial charge is 0.165 e. The molecule has 1 N–H and O–H groups in total. The average Bonchev–Trinajstić information content (AvgIpc) is 2.93. The summed E-state index contributed by atoms with van der Waals surface area (Å²) in [5.41, 5.74) is 0.992. The molecule has 1 aromatic carbocycles. The Hall–Kier alpha value is -0.740. The zero-order valence-corrected chi connectivity index (χ0v) is 12.4. The van der Waals surface area contributed by atoms with Gasteiger partial charge in [-0.15, -0.1) is 0 Å². The van der Waals surface area contributed by atoms with Crippen LogP contribution in [0.1, 0.15) is 37.3 Å². The molecule has 1 aliphatic carbocycles. The standard InChI is InChI=1S/C15H22FNOS/c1-17-14(10-19-12-5-3-4-6-12)11-7-8-15(18-2)13(16)9-11/h7-9,12,14,17H,3-6,10H2,1-2H3. The number of nitrogens with one attached hydrogen (secondary N) is 1. The first kappa shape index (κ1) is 14.7. The lowest BCUT2D eigenvalue weighted by atomic mass is 10.1. The Labute approximate surface area is 119 Å². The molecule has 0 radical (unpaired) electrons. The van der Waals surface area contributed by atoms with Crippen LogP contribution in [0.4, 0.5) is 4.39 Å². The Morgan fingerprint density at radius 3 is 2.74 bits per heavy atom. The Kier molecular flexibility index (Phi) is 5.52. The van der Waals surface area contributed by atoms with Crippen molar-refractivity contribution in [2.75, 3.05) is 19.9 Å². The first-order valence-corrected chi connectivity index (χ1v) is 7.91. The molecule has 1 atom stereocenters. The Bertz CT molecular complexity index is 407. The number of methoxy groups -OCH3 is 1. The van der Waals surface area contributed by atoms with Crippen molar-refractivity contribution in [2.24, 2.45) is 0 Å². The summed E-state index contributed by atoms with van der Waals surface area (Å²) in [5, 5.41) is 4.07. The van der Waals surface area contributed by atoms with Crippen molar-refractivity contribution >= 4 is 11.8 Å². The maximum Gasteiger partial charge on any atom is 0.165 e. The second kappa shape index (κ2) is 7.15. The molecule has 0 heterocycles. The molecule has 1 aliphatic rings. The van der Waals surface area contributed by atoms with E-state index in [1.54, 1.807) is 12.1 Å². The van der Waals surface area contributed by atoms with Crippen LogP contribution in [0, 0.1) is 5.82 Å². The molecular weight excluding hydrogens is 261 g/mol. The van der Waals surface area contributed by atoms with E-state index in [-0.39, 0.29) is 11.9 Å². The first-order chi connectivity index (χ1) is 9.24. The van der Waals surface area contributed by atoms with E-state index in [9.17, 15) is 4.39 Å². The number of rotatable bonds is 6. The normalized spacial score (nSPS) is 17.6. The summed E-state index contributed by atoms with van der Waals surface area (Å²) in [5.74, 6) is 1.01. The van der Waals surface area contributed by atoms with Gasteiger partial charge in [-0.25, -0.2) is 4.39 Å². The number of halogens is 1. The predicted molar refractivity (Wildman–Crippen MR) is 79.5 cm³/mol. The molecule has 0 spiro atoms. The van der Waals surface area contributed by atoms with Crippen LogP contribution in [0.15, 0.2) is 18.2 Å². The van der Waals surface area contributed by atoms with Crippen LogP contribution in [0.3, 0.4) is 0 Å². The number of ether oxygens (including phenoxy) is 1. The third kappa shape index (κ3) is 3.86. The lowest BCUT2D eigenvalue weighted by Crippen LogP contribution is -2.20. The molecule has 0 aliphatic heterocycles. The van der Waals surface area contributed by atoms with Crippen molar-refractivity contribution in [1.82, 2.24) is 5.32 Å². The summed E-state index contributed by atoms with van der Waals surface area (Å²) < 4.78 is 18.7. The van der Waals surface area contributed by atoms with Crippen molar-refractivity contribution in [3.63, 3.8) is 0 Å². The molecule has 4 heteroatoms. The molecule has 1 saturated carbocycles. The monoisotopic (exact) mass is 283 g/mol. The summed E-state index contributed by atoms with van der Waals surface area (Å²) in [4.78, 5) is 0. The molecule has 0 aromatic heterocycles. The highest BCUT2D eigenvalue weighted by Crippen LogP contribution is 2.32. The zero-order valence-electron chi connectivity index (χ0n) is 11.6. The van der Waals surface area contributed by atoms with Crippen LogP contribution in [0.2, 0.25) is 0 Å². The highest BCUT2D eigenvalue weighted by atomic mass is 32.2. The molecule has 0 amide bonds. The highest BCUT2D eigenvalue weighted by molar-refractivity contribution is 7.99. The topological polar surface area (TPSA) is 21.3 Å². The van der Waals surface area contributed by atoms with Crippen molar-refractivity contribution in [3.05, 3.63) is 29.6 Å². The van der Waals surface area contributed by atoms with E-state index in [0.717, 1.165) is 16.6 Å². The Morgan fingerprint density at radius 1 is 1.42 bits per heavy atom. The van der Waals surface area contributed by atoms with Gasteiger partial charge in [0, 0.05) is 17.0 Å². The highest BCUT2D eigenvalue weighted by Gasteiger charge is 2.18.